The van der Waals surface area contributed by atoms with E-state index in [-0.39, 0.29) is 11.8 Å². The molecule has 0 bridgehead atoms. The lowest BCUT2D eigenvalue weighted by Gasteiger charge is -2.22. The number of benzene rings is 1. The molecule has 0 spiro atoms. The Morgan fingerprint density at radius 2 is 0.847 bits per heavy atom. The zero-order valence-electron chi connectivity index (χ0n) is 57.6. The van der Waals surface area contributed by atoms with Crippen molar-refractivity contribution in [2.45, 2.75) is 60.3 Å². The number of ether oxygens (including phenoxy) is 6. The van der Waals surface area contributed by atoms with E-state index in [4.69, 9.17) is 28.4 Å². The van der Waals surface area contributed by atoms with Gasteiger partial charge in [0, 0.05) is 129 Å². The highest BCUT2D eigenvalue weighted by atomic mass is 32.1. The van der Waals surface area contributed by atoms with Crippen LogP contribution in [0.15, 0.2) is 106 Å². The minimum absolute atomic E-state index is 0.0439. The first kappa shape index (κ1) is 77.4. The van der Waals surface area contributed by atoms with Crippen LogP contribution in [-0.2, 0) is 38.0 Å². The number of likely N-dealkylation sites (N-methyl/N-ethyl adjacent to an activating group) is 2. The first-order valence-corrected chi connectivity index (χ1v) is 39.4. The Kier molecular flexibility index (Phi) is 32.2. The average Bonchev–Trinajstić information content (AvgIpc) is 1.67. The van der Waals surface area contributed by atoms with Crippen LogP contribution in [0, 0.1) is 0 Å². The molecule has 2 amide bonds. The molecule has 18 nitrogen and oxygen atoms in total. The number of anilines is 4. The highest BCUT2D eigenvalue weighted by Crippen LogP contribution is 2.42. The Morgan fingerprint density at radius 3 is 1.23 bits per heavy atom. The molecule has 10 heterocycles. The van der Waals surface area contributed by atoms with Crippen molar-refractivity contribution >= 4 is 203 Å². The van der Waals surface area contributed by atoms with Crippen molar-refractivity contribution in [2.24, 2.45) is 9.98 Å². The predicted molar refractivity (Wildman–Crippen MR) is 421 cm³/mol. The normalized spacial score (nSPS) is 13.9. The largest absolute Gasteiger partial charge is 0.382 e. The van der Waals surface area contributed by atoms with Gasteiger partial charge in [-0.05, 0) is 105 Å². The Labute approximate surface area is 607 Å². The first-order valence-electron chi connectivity index (χ1n) is 32.8. The van der Waals surface area contributed by atoms with E-state index in [2.05, 4.69) is 94.1 Å². The summed E-state index contributed by atoms with van der Waals surface area (Å²) < 4.78 is 41.6. The van der Waals surface area contributed by atoms with Gasteiger partial charge in [-0.3, -0.25) is 29.0 Å². The lowest BCUT2D eigenvalue weighted by atomic mass is 10.2. The third-order valence-corrected chi connectivity index (χ3v) is 24.1. The van der Waals surface area contributed by atoms with Gasteiger partial charge in [0.15, 0.2) is 12.6 Å². The molecule has 11 rings (SSSR count). The monoisotopic (exact) mass is 1480 g/mol. The molecule has 8 aromatic heterocycles. The number of nitrogens with zero attached hydrogens (tertiary/aromatic N) is 7. The van der Waals surface area contributed by atoms with Crippen LogP contribution in [0.4, 0.5) is 20.0 Å². The molecule has 98 heavy (non-hydrogen) atoms. The maximum absolute atomic E-state index is 12.8. The van der Waals surface area contributed by atoms with Gasteiger partial charge in [-0.25, -0.2) is 9.98 Å². The van der Waals surface area contributed by atoms with Crippen LogP contribution in [0.3, 0.4) is 0 Å². The lowest BCUT2D eigenvalue weighted by molar-refractivity contribution is -0.122. The van der Waals surface area contributed by atoms with Crippen LogP contribution in [0.1, 0.15) is 95.0 Å². The van der Waals surface area contributed by atoms with Gasteiger partial charge in [-0.1, -0.05) is 64.1 Å². The molecule has 26 heteroatoms. The van der Waals surface area contributed by atoms with E-state index in [0.29, 0.717) is 76.7 Å². The van der Waals surface area contributed by atoms with E-state index < -0.39 is 0 Å². The van der Waals surface area contributed by atoms with Gasteiger partial charge in [-0.2, -0.15) is 0 Å². The van der Waals surface area contributed by atoms with E-state index in [1.807, 2.05) is 73.7 Å². The molecule has 0 atom stereocenters. The van der Waals surface area contributed by atoms with Crippen LogP contribution >= 0.6 is 90.7 Å². The minimum Gasteiger partial charge on any atom is -0.382 e. The number of rotatable bonds is 36. The second-order valence-electron chi connectivity index (χ2n) is 22.5. The van der Waals surface area contributed by atoms with Crippen LogP contribution in [-0.4, -0.2) is 187 Å². The number of aldehydes is 2. The molecule has 9 aromatic rings. The molecule has 0 aliphatic carbocycles. The molecular weight excluding hydrogens is 1390 g/mol. The van der Waals surface area contributed by atoms with Gasteiger partial charge < -0.3 is 48.4 Å². The summed E-state index contributed by atoms with van der Waals surface area (Å²) in [6.07, 6.45) is 13.9. The lowest BCUT2D eigenvalue weighted by Crippen LogP contribution is -2.27. The van der Waals surface area contributed by atoms with E-state index in [9.17, 15) is 19.2 Å². The Morgan fingerprint density at radius 1 is 0.449 bits per heavy atom. The van der Waals surface area contributed by atoms with Gasteiger partial charge >= 0.3 is 0 Å². The highest BCUT2D eigenvalue weighted by Gasteiger charge is 2.27. The Bertz CT molecular complexity index is 4000. The van der Waals surface area contributed by atoms with Crippen molar-refractivity contribution in [1.29, 1.82) is 0 Å². The summed E-state index contributed by atoms with van der Waals surface area (Å²) in [4.78, 5) is 69.2. The molecular formula is C72H90N8O10S8. The van der Waals surface area contributed by atoms with Crippen LogP contribution in [0.5, 0.6) is 0 Å². The fourth-order valence-corrected chi connectivity index (χ4v) is 19.2. The van der Waals surface area contributed by atoms with Gasteiger partial charge in [0.05, 0.1) is 89.2 Å². The predicted octanol–water partition coefficient (Wildman–Crippen LogP) is 17.1. The number of amidine groups is 2. The second-order valence-corrected chi connectivity index (χ2v) is 31.2. The third-order valence-electron chi connectivity index (χ3n) is 15.1. The highest BCUT2D eigenvalue weighted by molar-refractivity contribution is 7.32. The molecule has 0 saturated carbocycles. The minimum atomic E-state index is -0.0854. The SMILES string of the molecule is CCCN(CCOCCOC)c1cc2sc(/C=C3N=C(/C=C/c4ccccc4)N(C)C\3=O)cc2s1.CCCN(CCOCCOC)c1cc2sc(/C=C3\N=C(C)N(C)C3=O)cc2s1.CCCN(CCOCCOC)c1cc2sc(C=O)cc2s1.CCCNc1cc2sc(C=O)cc2s1. The number of methoxy groups -OCH3 is 3. The second kappa shape index (κ2) is 40.8. The Balaban J connectivity index is 0.000000175. The molecule has 0 fully saturated rings. The Hall–Kier alpha value is -6.34. The number of aliphatic imine (C=N–C) groups is 2. The summed E-state index contributed by atoms with van der Waals surface area (Å²) in [6, 6.07) is 27.0. The molecule has 1 N–H and O–H groups in total. The quantitative estimate of drug-likeness (QED) is 0.0223. The van der Waals surface area contributed by atoms with Gasteiger partial charge in [0.2, 0.25) is 0 Å². The average molecular weight is 1480 g/mol. The van der Waals surface area contributed by atoms with Crippen molar-refractivity contribution in [3.05, 3.63) is 121 Å². The number of carbonyl (C=O) groups is 4. The van der Waals surface area contributed by atoms with E-state index in [1.165, 1.54) is 57.6 Å². The molecule has 0 saturated heterocycles. The van der Waals surface area contributed by atoms with Crippen LogP contribution in [0.2, 0.25) is 0 Å². The number of amides is 2. The van der Waals surface area contributed by atoms with Crippen molar-refractivity contribution in [3.8, 4) is 0 Å². The fraction of sp³-hybridized carbons (Fsp3) is 0.417. The van der Waals surface area contributed by atoms with Crippen molar-refractivity contribution in [1.82, 2.24) is 9.80 Å². The van der Waals surface area contributed by atoms with Crippen LogP contribution < -0.4 is 20.0 Å². The van der Waals surface area contributed by atoms with E-state index in [1.54, 1.807) is 136 Å². The summed E-state index contributed by atoms with van der Waals surface area (Å²) in [5, 5.41) is 8.32. The van der Waals surface area contributed by atoms with Crippen LogP contribution in [0.25, 0.3) is 55.8 Å². The molecule has 2 aliphatic rings. The maximum atomic E-state index is 12.8. The number of fused-ring (bicyclic) bond motifs is 4. The fourth-order valence-electron chi connectivity index (χ4n) is 9.98. The molecule has 1 aromatic carbocycles. The van der Waals surface area contributed by atoms with Crippen molar-refractivity contribution in [2.75, 3.05) is 161 Å². The van der Waals surface area contributed by atoms with E-state index >= 15 is 0 Å². The summed E-state index contributed by atoms with van der Waals surface area (Å²) in [5.74, 6) is 1.25. The van der Waals surface area contributed by atoms with E-state index in [0.717, 1.165) is 115 Å². The third kappa shape index (κ3) is 22.6. The standard InChI is InChI=1S/C27H31N3O3S2.C20H27N3O3S2.C15H21NO3S2.C10H11NOS2/c1-4-12-30(13-14-33-16-15-32-3)26-19-24-23(35-26)18-21(34-24)17-22-27(31)29(2)25(28-22)11-10-20-8-6-5-7-9-20;1-5-6-23(7-8-26-10-9-25-4)19-13-18-17(28-19)12-15(27-18)11-16-20(24)22(3)14(2)21-16;1-3-4-16(5-6-19-8-7-18-2)15-10-14-13(21-15)9-12(11-17)20-14;1-2-3-11-10-5-9-8(14-10)4-7(6-12)13-9/h5-11,17-19H,4,12-16H2,1-3H3;11-13H,5-10H2,1-4H3;9-11H,3-8H2,1-2H3;4-6,11H,2-3H2,1H3/b11-10+,22-17-;16-11-;;. The first-order chi connectivity index (χ1) is 47.7. The topological polar surface area (TPSA) is 177 Å². The number of carbonyl (C=O) groups excluding carboxylic acids is 4. The van der Waals surface area contributed by atoms with Crippen molar-refractivity contribution in [3.63, 3.8) is 0 Å². The number of thiophene rings is 8. The summed E-state index contributed by atoms with van der Waals surface area (Å²) in [6.45, 7) is 23.0. The summed E-state index contributed by atoms with van der Waals surface area (Å²) >= 11 is 13.5. The zero-order valence-corrected chi connectivity index (χ0v) is 64.1. The maximum Gasteiger partial charge on any atom is 0.277 e. The number of hydrogen-bond acceptors (Lipinski definition) is 24. The summed E-state index contributed by atoms with van der Waals surface area (Å²) in [5.41, 5.74) is 2.05. The number of nitrogens with one attached hydrogen (secondary N) is 1. The molecule has 0 radical (unpaired) electrons. The van der Waals surface area contributed by atoms with Crippen molar-refractivity contribution < 1.29 is 47.6 Å². The smallest absolute Gasteiger partial charge is 0.277 e. The van der Waals surface area contributed by atoms with Gasteiger partial charge in [0.25, 0.3) is 11.8 Å². The van der Waals surface area contributed by atoms with Gasteiger partial charge in [-0.15, -0.1) is 90.7 Å². The number of hydrogen-bond donors (Lipinski definition) is 1. The molecule has 0 unspecified atom stereocenters. The zero-order chi connectivity index (χ0) is 69.8. The van der Waals surface area contributed by atoms with Gasteiger partial charge in [0.1, 0.15) is 23.1 Å². The molecule has 526 valence electrons. The molecule has 2 aliphatic heterocycles. The summed E-state index contributed by atoms with van der Waals surface area (Å²) in [7, 11) is 8.56.